The molecule has 33 heavy (non-hydrogen) atoms. The van der Waals surface area contributed by atoms with Gasteiger partial charge in [-0.15, -0.1) is 0 Å². The van der Waals surface area contributed by atoms with Crippen LogP contribution in [0.5, 0.6) is 0 Å². The Hall–Kier alpha value is -1.99. The Labute approximate surface area is 194 Å². The molecule has 0 aromatic heterocycles. The molecule has 190 valence electrons. The molecule has 0 aliphatic carbocycles. The molecule has 0 aromatic rings. The highest BCUT2D eigenvalue weighted by atomic mass is 16.6. The van der Waals surface area contributed by atoms with Crippen LogP contribution in [0.2, 0.25) is 0 Å². The van der Waals surface area contributed by atoms with Crippen molar-refractivity contribution in [2.75, 3.05) is 106 Å². The molecule has 0 N–H and O–H groups in total. The highest BCUT2D eigenvalue weighted by Crippen LogP contribution is 2.18. The molecule has 14 nitrogen and oxygen atoms in total. The number of hydrogen-bond donors (Lipinski definition) is 0. The SMILES string of the molecule is CC(COCC=O)(COCCOCCOCCN=[N+]=[N-])COCCOCCOCCN=[N+]=[N-]. The largest absolute Gasteiger partial charge is 0.379 e. The van der Waals surface area contributed by atoms with E-state index in [1.54, 1.807) is 0 Å². The van der Waals surface area contributed by atoms with E-state index in [4.69, 9.17) is 44.2 Å². The first-order chi connectivity index (χ1) is 16.2. The summed E-state index contributed by atoms with van der Waals surface area (Å²) in [5.74, 6) is 0. The molecule has 0 unspecified atom stereocenters. The standard InChI is InChI=1S/C19H36N6O8/c1-19(16-31-7-4-26,17-32-14-12-29-10-8-27-5-2-22-24-20)18-33-15-13-30-11-9-28-6-3-23-25-21/h4H,2-3,5-18H2,1H3. The van der Waals surface area contributed by atoms with Crippen LogP contribution in [0.4, 0.5) is 0 Å². The van der Waals surface area contributed by atoms with E-state index >= 15 is 0 Å². The monoisotopic (exact) mass is 476 g/mol. The maximum Gasteiger partial charge on any atom is 0.145 e. The lowest BCUT2D eigenvalue weighted by Crippen LogP contribution is -2.35. The molecule has 0 saturated carbocycles. The molecule has 0 atom stereocenters. The Morgan fingerprint density at radius 1 is 0.636 bits per heavy atom. The molecule has 0 rings (SSSR count). The lowest BCUT2D eigenvalue weighted by Gasteiger charge is -2.28. The van der Waals surface area contributed by atoms with E-state index in [1.165, 1.54) is 0 Å². The predicted molar refractivity (Wildman–Crippen MR) is 118 cm³/mol. The molecule has 0 bridgehead atoms. The van der Waals surface area contributed by atoms with Crippen molar-refractivity contribution in [1.82, 2.24) is 0 Å². The van der Waals surface area contributed by atoms with Gasteiger partial charge in [0.05, 0.1) is 85.9 Å². The molecule has 0 aromatic carbocycles. The van der Waals surface area contributed by atoms with Crippen LogP contribution in [0, 0.1) is 5.41 Å². The fourth-order valence-electron chi connectivity index (χ4n) is 2.30. The summed E-state index contributed by atoms with van der Waals surface area (Å²) in [7, 11) is 0. The molecular weight excluding hydrogens is 440 g/mol. The van der Waals surface area contributed by atoms with Crippen molar-refractivity contribution >= 4 is 6.29 Å². The minimum absolute atomic E-state index is 0.0150. The third-order valence-electron chi connectivity index (χ3n) is 3.82. The Morgan fingerprint density at radius 3 is 1.39 bits per heavy atom. The Kier molecular flexibility index (Phi) is 23.2. The summed E-state index contributed by atoms with van der Waals surface area (Å²) in [5, 5.41) is 6.73. The summed E-state index contributed by atoms with van der Waals surface area (Å²) >= 11 is 0. The normalized spacial score (nSPS) is 12.5. The number of hydrogen-bond acceptors (Lipinski definition) is 10. The van der Waals surface area contributed by atoms with Crippen LogP contribution >= 0.6 is 0 Å². The van der Waals surface area contributed by atoms with E-state index in [-0.39, 0.29) is 6.61 Å². The molecule has 0 amide bonds. The van der Waals surface area contributed by atoms with Gasteiger partial charge in [0, 0.05) is 28.3 Å². The number of rotatable bonds is 26. The maximum atomic E-state index is 10.5. The fourth-order valence-corrected chi connectivity index (χ4v) is 2.30. The zero-order chi connectivity index (χ0) is 24.3. The summed E-state index contributed by atoms with van der Waals surface area (Å²) in [6, 6.07) is 0. The zero-order valence-corrected chi connectivity index (χ0v) is 19.3. The average Bonchev–Trinajstić information content (AvgIpc) is 2.81. The van der Waals surface area contributed by atoms with E-state index in [2.05, 4.69) is 20.1 Å². The summed E-state index contributed by atoms with van der Waals surface area (Å²) in [6.45, 7) is 7.61. The van der Waals surface area contributed by atoms with E-state index < -0.39 is 5.41 Å². The summed E-state index contributed by atoms with van der Waals surface area (Å²) in [6.07, 6.45) is 0.702. The molecule has 0 aliphatic rings. The minimum atomic E-state index is -0.433. The Bertz CT molecular complexity index is 520. The van der Waals surface area contributed by atoms with Gasteiger partial charge in [-0.2, -0.15) is 0 Å². The van der Waals surface area contributed by atoms with Gasteiger partial charge in [-0.1, -0.05) is 17.2 Å². The van der Waals surface area contributed by atoms with E-state index in [1.807, 2.05) is 6.92 Å². The van der Waals surface area contributed by atoms with Gasteiger partial charge in [0.25, 0.3) is 0 Å². The van der Waals surface area contributed by atoms with Gasteiger partial charge in [-0.05, 0) is 11.1 Å². The topological polar surface area (TPSA) is 179 Å². The second kappa shape index (κ2) is 24.6. The second-order valence-electron chi connectivity index (χ2n) is 6.96. The van der Waals surface area contributed by atoms with Crippen molar-refractivity contribution in [3.8, 4) is 0 Å². The van der Waals surface area contributed by atoms with Gasteiger partial charge in [0.2, 0.25) is 0 Å². The van der Waals surface area contributed by atoms with Gasteiger partial charge >= 0.3 is 0 Å². The van der Waals surface area contributed by atoms with Crippen LogP contribution in [0.1, 0.15) is 6.92 Å². The fraction of sp³-hybridized carbons (Fsp3) is 0.947. The van der Waals surface area contributed by atoms with Crippen molar-refractivity contribution in [3.63, 3.8) is 0 Å². The predicted octanol–water partition coefficient (Wildman–Crippen LogP) is 1.93. The van der Waals surface area contributed by atoms with Crippen molar-refractivity contribution in [2.24, 2.45) is 15.6 Å². The molecule has 14 heteroatoms. The Balaban J connectivity index is 3.85. The highest BCUT2D eigenvalue weighted by molar-refractivity contribution is 5.50. The quantitative estimate of drug-likeness (QED) is 0.0597. The van der Waals surface area contributed by atoms with Crippen LogP contribution < -0.4 is 0 Å². The molecular formula is C19H36N6O8. The highest BCUT2D eigenvalue weighted by Gasteiger charge is 2.26. The number of azide groups is 2. The smallest absolute Gasteiger partial charge is 0.145 e. The zero-order valence-electron chi connectivity index (χ0n) is 19.3. The molecule has 0 heterocycles. The number of carbonyl (C=O) groups is 1. The van der Waals surface area contributed by atoms with Crippen molar-refractivity contribution in [1.29, 1.82) is 0 Å². The number of nitrogens with zero attached hydrogens (tertiary/aromatic N) is 6. The first-order valence-electron chi connectivity index (χ1n) is 10.7. The first kappa shape index (κ1) is 31.0. The average molecular weight is 477 g/mol. The number of ether oxygens (including phenoxy) is 7. The summed E-state index contributed by atoms with van der Waals surface area (Å²) in [5.41, 5.74) is 15.9. The molecule has 0 aliphatic heterocycles. The lowest BCUT2D eigenvalue weighted by atomic mass is 9.94. The third-order valence-corrected chi connectivity index (χ3v) is 3.82. The summed E-state index contributed by atoms with van der Waals surface area (Å²) < 4.78 is 38.0. The van der Waals surface area contributed by atoms with Gasteiger partial charge in [-0.25, -0.2) is 0 Å². The van der Waals surface area contributed by atoms with Gasteiger partial charge in [0.1, 0.15) is 12.9 Å². The lowest BCUT2D eigenvalue weighted by molar-refractivity contribution is -0.116. The summed E-state index contributed by atoms with van der Waals surface area (Å²) in [4.78, 5) is 15.8. The molecule has 0 spiro atoms. The molecule has 0 fully saturated rings. The first-order valence-corrected chi connectivity index (χ1v) is 10.7. The van der Waals surface area contributed by atoms with E-state index in [0.717, 1.165) is 0 Å². The second-order valence-corrected chi connectivity index (χ2v) is 6.96. The van der Waals surface area contributed by atoms with E-state index in [9.17, 15) is 4.79 Å². The van der Waals surface area contributed by atoms with Crippen LogP contribution in [-0.4, -0.2) is 112 Å². The minimum Gasteiger partial charge on any atom is -0.379 e. The van der Waals surface area contributed by atoms with Crippen molar-refractivity contribution < 1.29 is 38.0 Å². The molecule has 0 radical (unpaired) electrons. The van der Waals surface area contributed by atoms with Gasteiger partial charge < -0.3 is 38.0 Å². The van der Waals surface area contributed by atoms with Crippen molar-refractivity contribution in [2.45, 2.75) is 6.92 Å². The number of aldehydes is 1. The third kappa shape index (κ3) is 23.0. The Morgan fingerprint density at radius 2 is 1.00 bits per heavy atom. The van der Waals surface area contributed by atoms with Crippen molar-refractivity contribution in [3.05, 3.63) is 20.9 Å². The van der Waals surface area contributed by atoms with E-state index in [0.29, 0.717) is 105 Å². The van der Waals surface area contributed by atoms with Crippen LogP contribution in [0.15, 0.2) is 10.2 Å². The van der Waals surface area contributed by atoms with Crippen LogP contribution in [0.3, 0.4) is 0 Å². The van der Waals surface area contributed by atoms with Crippen LogP contribution in [-0.2, 0) is 38.0 Å². The van der Waals surface area contributed by atoms with Gasteiger partial charge in [-0.3, -0.25) is 0 Å². The molecule has 0 saturated heterocycles. The number of carbonyl (C=O) groups excluding carboxylic acids is 1. The van der Waals surface area contributed by atoms with Gasteiger partial charge in [0.15, 0.2) is 0 Å². The van der Waals surface area contributed by atoms with Crippen LogP contribution in [0.25, 0.3) is 20.9 Å². The maximum absolute atomic E-state index is 10.5.